The van der Waals surface area contributed by atoms with Crippen LogP contribution in [0.4, 0.5) is 0 Å². The molecule has 0 bridgehead atoms. The fraction of sp³-hybridized carbons (Fsp3) is 0.244. The van der Waals surface area contributed by atoms with E-state index in [-0.39, 0.29) is 32.0 Å². The van der Waals surface area contributed by atoms with Crippen LogP contribution in [0.3, 0.4) is 0 Å². The molecule has 0 radical (unpaired) electrons. The topological polar surface area (TPSA) is 94.5 Å². The molecule has 7 heteroatoms. The lowest BCUT2D eigenvalue weighted by atomic mass is 9.70. The molecule has 2 N–H and O–H groups in total. The molecule has 6 rings (SSSR count). The first-order valence-corrected chi connectivity index (χ1v) is 16.2. The number of hydrogen-bond acceptors (Lipinski definition) is 7. The van der Waals surface area contributed by atoms with Crippen molar-refractivity contribution >= 4 is 5.78 Å². The van der Waals surface area contributed by atoms with E-state index in [4.69, 9.17) is 18.9 Å². The normalized spacial score (nSPS) is 23.8. The molecule has 1 aliphatic rings. The van der Waals surface area contributed by atoms with Crippen LogP contribution < -0.4 is 0 Å². The number of hydrogen-bond donors (Lipinski definition) is 2. The molecule has 0 aliphatic heterocycles. The summed E-state index contributed by atoms with van der Waals surface area (Å²) in [6.07, 6.45) is -6.26. The van der Waals surface area contributed by atoms with E-state index in [0.29, 0.717) is 0 Å². The Bertz CT molecular complexity index is 1690. The summed E-state index contributed by atoms with van der Waals surface area (Å²) in [5.41, 5.74) is 1.22. The Morgan fingerprint density at radius 3 is 1.23 bits per heavy atom. The number of carbonyl (C=O) groups excluding carboxylic acids is 1. The second-order valence-electron chi connectivity index (χ2n) is 12.0. The van der Waals surface area contributed by atoms with Gasteiger partial charge in [-0.15, -0.1) is 0 Å². The summed E-state index contributed by atoms with van der Waals surface area (Å²) in [6.45, 7) is 0.461. The Morgan fingerprint density at radius 2 is 0.812 bits per heavy atom. The highest BCUT2D eigenvalue weighted by molar-refractivity contribution is 6.03. The Labute approximate surface area is 281 Å². The van der Waals surface area contributed by atoms with E-state index in [0.717, 1.165) is 22.3 Å². The zero-order valence-corrected chi connectivity index (χ0v) is 26.6. The van der Waals surface area contributed by atoms with Crippen LogP contribution in [0.1, 0.15) is 32.6 Å². The van der Waals surface area contributed by atoms with Crippen molar-refractivity contribution in [1.82, 2.24) is 0 Å². The molecular weight excluding hydrogens is 604 g/mol. The smallest absolute Gasteiger partial charge is 0.199 e. The van der Waals surface area contributed by atoms with E-state index >= 15 is 0 Å². The SMILES string of the molecule is O=C(c1ccccc1)[C@@]1(O)[C@H](O)[C@H](OCc2ccccc2)[C@@H](OCc2ccccc2)[C@H](OCc2ccccc2)[C@H]1OCc1ccccc1. The molecule has 5 aromatic rings. The van der Waals surface area contributed by atoms with E-state index in [1.54, 1.807) is 30.3 Å². The minimum atomic E-state index is -2.47. The van der Waals surface area contributed by atoms with Crippen molar-refractivity contribution in [3.8, 4) is 0 Å². The highest BCUT2D eigenvalue weighted by Crippen LogP contribution is 2.40. The van der Waals surface area contributed by atoms with Crippen LogP contribution in [-0.4, -0.2) is 52.1 Å². The number of aliphatic hydroxyl groups excluding tert-OH is 1. The summed E-state index contributed by atoms with van der Waals surface area (Å²) in [4.78, 5) is 14.4. The molecule has 1 fully saturated rings. The van der Waals surface area contributed by atoms with Gasteiger partial charge in [-0.2, -0.15) is 0 Å². The maximum Gasteiger partial charge on any atom is 0.199 e. The standard InChI is InChI=1S/C41H40O7/c42-38(34-24-14-5-15-25-34)41(44)39(43)36(46-27-31-18-8-2-9-19-31)35(45-26-30-16-6-1-7-17-30)37(47-28-32-20-10-3-11-21-32)40(41)48-29-33-22-12-4-13-23-33/h1-25,35-37,39-40,43-44H,26-29H2/t35-,36-,37+,39-,40-,41-/m1/s1. The number of carbonyl (C=O) groups is 1. The van der Waals surface area contributed by atoms with Gasteiger partial charge in [0.2, 0.25) is 0 Å². The first-order valence-electron chi connectivity index (χ1n) is 16.2. The Balaban J connectivity index is 1.43. The third-order valence-corrected chi connectivity index (χ3v) is 8.67. The Kier molecular flexibility index (Phi) is 11.2. The minimum Gasteiger partial charge on any atom is -0.387 e. The molecule has 0 heterocycles. The number of Topliss-reactive ketones (excluding diaryl/α,β-unsaturated/α-hetero) is 1. The van der Waals surface area contributed by atoms with E-state index in [1.807, 2.05) is 121 Å². The van der Waals surface area contributed by atoms with Crippen LogP contribution in [-0.2, 0) is 45.4 Å². The largest absolute Gasteiger partial charge is 0.387 e. The average Bonchev–Trinajstić information content (AvgIpc) is 3.15. The van der Waals surface area contributed by atoms with Crippen LogP contribution in [0.5, 0.6) is 0 Å². The molecule has 0 saturated heterocycles. The van der Waals surface area contributed by atoms with E-state index in [2.05, 4.69) is 0 Å². The van der Waals surface area contributed by atoms with Crippen LogP contribution >= 0.6 is 0 Å². The van der Waals surface area contributed by atoms with Crippen molar-refractivity contribution in [1.29, 1.82) is 0 Å². The van der Waals surface area contributed by atoms with Gasteiger partial charge in [0.1, 0.15) is 30.5 Å². The summed E-state index contributed by atoms with van der Waals surface area (Å²) in [7, 11) is 0. The van der Waals surface area contributed by atoms with Gasteiger partial charge in [-0.05, 0) is 22.3 Å². The molecule has 48 heavy (non-hydrogen) atoms. The fourth-order valence-electron chi connectivity index (χ4n) is 6.13. The molecular formula is C41H40O7. The third kappa shape index (κ3) is 7.80. The molecule has 246 valence electrons. The number of benzene rings is 5. The molecule has 1 saturated carbocycles. The summed E-state index contributed by atoms with van der Waals surface area (Å²) in [5, 5.41) is 24.9. The molecule has 1 aliphatic carbocycles. The Morgan fingerprint density at radius 1 is 0.479 bits per heavy atom. The molecule has 0 amide bonds. The molecule has 6 atom stereocenters. The van der Waals surface area contributed by atoms with Gasteiger partial charge in [0.25, 0.3) is 0 Å². The van der Waals surface area contributed by atoms with E-state index in [1.165, 1.54) is 0 Å². The van der Waals surface area contributed by atoms with E-state index in [9.17, 15) is 15.0 Å². The van der Waals surface area contributed by atoms with Crippen molar-refractivity contribution < 1.29 is 34.0 Å². The predicted octanol–water partition coefficient (Wildman–Crippen LogP) is 6.32. The third-order valence-electron chi connectivity index (χ3n) is 8.67. The second kappa shape index (κ2) is 16.1. The molecule has 0 aromatic heterocycles. The first kappa shape index (κ1) is 33.4. The van der Waals surface area contributed by atoms with Crippen molar-refractivity contribution in [3.05, 3.63) is 179 Å². The fourth-order valence-corrected chi connectivity index (χ4v) is 6.13. The molecule has 7 nitrogen and oxygen atoms in total. The van der Waals surface area contributed by atoms with Crippen LogP contribution in [0.25, 0.3) is 0 Å². The maximum absolute atomic E-state index is 14.4. The van der Waals surface area contributed by atoms with Crippen molar-refractivity contribution in [3.63, 3.8) is 0 Å². The van der Waals surface area contributed by atoms with Gasteiger partial charge in [0.05, 0.1) is 26.4 Å². The van der Waals surface area contributed by atoms with Crippen molar-refractivity contribution in [2.45, 2.75) is 62.5 Å². The van der Waals surface area contributed by atoms with Gasteiger partial charge in [0.15, 0.2) is 11.4 Å². The first-order chi connectivity index (χ1) is 23.5. The number of ether oxygens (including phenoxy) is 4. The van der Waals surface area contributed by atoms with Gasteiger partial charge < -0.3 is 29.2 Å². The van der Waals surface area contributed by atoms with Crippen molar-refractivity contribution in [2.75, 3.05) is 0 Å². The van der Waals surface area contributed by atoms with Crippen LogP contribution in [0.15, 0.2) is 152 Å². The molecule has 0 unspecified atom stereocenters. The Hall–Kier alpha value is -4.47. The molecule has 0 spiro atoms. The van der Waals surface area contributed by atoms with Crippen LogP contribution in [0, 0.1) is 0 Å². The predicted molar refractivity (Wildman–Crippen MR) is 182 cm³/mol. The minimum absolute atomic E-state index is 0.0503. The lowest BCUT2D eigenvalue weighted by Crippen LogP contribution is -2.75. The highest BCUT2D eigenvalue weighted by Gasteiger charge is 2.64. The van der Waals surface area contributed by atoms with Gasteiger partial charge in [-0.3, -0.25) is 4.79 Å². The van der Waals surface area contributed by atoms with Gasteiger partial charge in [-0.25, -0.2) is 0 Å². The summed E-state index contributed by atoms with van der Waals surface area (Å²) >= 11 is 0. The zero-order chi connectivity index (χ0) is 33.2. The highest BCUT2D eigenvalue weighted by atomic mass is 16.6. The number of aliphatic hydroxyl groups is 2. The lowest BCUT2D eigenvalue weighted by Gasteiger charge is -2.52. The van der Waals surface area contributed by atoms with Gasteiger partial charge in [0, 0.05) is 5.56 Å². The average molecular weight is 645 g/mol. The number of rotatable bonds is 14. The summed E-state index contributed by atoms with van der Waals surface area (Å²) < 4.78 is 26.2. The monoisotopic (exact) mass is 644 g/mol. The second-order valence-corrected chi connectivity index (χ2v) is 12.0. The van der Waals surface area contributed by atoms with E-state index < -0.39 is 41.9 Å². The van der Waals surface area contributed by atoms with Gasteiger partial charge in [-0.1, -0.05) is 152 Å². The quantitative estimate of drug-likeness (QED) is 0.137. The lowest BCUT2D eigenvalue weighted by molar-refractivity contribution is -0.292. The maximum atomic E-state index is 14.4. The van der Waals surface area contributed by atoms with Crippen LogP contribution in [0.2, 0.25) is 0 Å². The number of ketones is 1. The summed E-state index contributed by atoms with van der Waals surface area (Å²) in [5.74, 6) is -0.697. The van der Waals surface area contributed by atoms with Gasteiger partial charge >= 0.3 is 0 Å². The molecule has 5 aromatic carbocycles. The summed E-state index contributed by atoms with van der Waals surface area (Å²) in [6, 6.07) is 46.7. The zero-order valence-electron chi connectivity index (χ0n) is 26.6. The van der Waals surface area contributed by atoms with Crippen molar-refractivity contribution in [2.24, 2.45) is 0 Å².